The maximum Gasteiger partial charge on any atom is 0.413 e. The fourth-order valence-corrected chi connectivity index (χ4v) is 6.37. The topological polar surface area (TPSA) is 87.7 Å². The number of carbonyl (C=O) groups is 3. The van der Waals surface area contributed by atoms with Crippen LogP contribution in [0.1, 0.15) is 240 Å². The van der Waals surface area contributed by atoms with Gasteiger partial charge in [-0.1, -0.05) is 194 Å². The van der Waals surface area contributed by atoms with Crippen LogP contribution in [0, 0.1) is 0 Å². The number of rotatable bonds is 36. The number of nitrogens with zero attached hydrogens (tertiary/aromatic N) is 1. The van der Waals surface area contributed by atoms with Gasteiger partial charge in [-0.3, -0.25) is 14.5 Å². The Labute approximate surface area is 311 Å². The molecule has 7 heteroatoms. The summed E-state index contributed by atoms with van der Waals surface area (Å²) in [6, 6.07) is 0. The highest BCUT2D eigenvalue weighted by Crippen LogP contribution is 2.16. The van der Waals surface area contributed by atoms with E-state index >= 15 is 0 Å². The summed E-state index contributed by atoms with van der Waals surface area (Å²) in [6.45, 7) is 10.0. The van der Waals surface area contributed by atoms with Gasteiger partial charge in [0.05, 0.1) is 13.3 Å². The van der Waals surface area contributed by atoms with E-state index in [4.69, 9.17) is 4.74 Å². The normalized spacial score (nSPS) is 11.5. The predicted octanol–water partition coefficient (Wildman–Crippen LogP) is 12.9. The summed E-state index contributed by atoms with van der Waals surface area (Å²) in [5.74, 6) is -0.144. The van der Waals surface area contributed by atoms with Gasteiger partial charge < -0.3 is 15.4 Å². The summed E-state index contributed by atoms with van der Waals surface area (Å²) in [4.78, 5) is 39.2. The van der Waals surface area contributed by atoms with Crippen molar-refractivity contribution in [3.63, 3.8) is 0 Å². The average Bonchev–Trinajstić information content (AvgIpc) is 3.07. The Bertz CT molecular complexity index is 733. The zero-order valence-corrected chi connectivity index (χ0v) is 34.1. The Kier molecular flexibility index (Phi) is 34.3. The highest BCUT2D eigenvalue weighted by Gasteiger charge is 2.23. The van der Waals surface area contributed by atoms with E-state index in [0.717, 1.165) is 25.7 Å². The number of unbranched alkanes of at least 4 members (excludes halogenated alkanes) is 28. The van der Waals surface area contributed by atoms with Crippen LogP contribution in [0.25, 0.3) is 0 Å². The van der Waals surface area contributed by atoms with Crippen molar-refractivity contribution in [1.29, 1.82) is 0 Å². The summed E-state index contributed by atoms with van der Waals surface area (Å²) >= 11 is 0. The van der Waals surface area contributed by atoms with Crippen LogP contribution in [0.15, 0.2) is 0 Å². The van der Waals surface area contributed by atoms with E-state index in [-0.39, 0.29) is 25.2 Å². The van der Waals surface area contributed by atoms with Crippen LogP contribution in [-0.4, -0.2) is 41.7 Å². The van der Waals surface area contributed by atoms with Gasteiger partial charge in [-0.05, 0) is 33.6 Å². The Morgan fingerprint density at radius 3 is 0.900 bits per heavy atom. The van der Waals surface area contributed by atoms with Crippen molar-refractivity contribution in [2.75, 3.05) is 13.3 Å². The maximum absolute atomic E-state index is 12.8. The predicted molar refractivity (Wildman–Crippen MR) is 213 cm³/mol. The molecule has 0 aromatic rings. The molecule has 0 aliphatic carbocycles. The number of carbonyl (C=O) groups excluding carboxylic acids is 3. The molecule has 296 valence electrons. The minimum absolute atomic E-state index is 0.0196. The molecule has 7 nitrogen and oxygen atoms in total. The van der Waals surface area contributed by atoms with Crippen molar-refractivity contribution in [3.05, 3.63) is 0 Å². The third kappa shape index (κ3) is 36.0. The molecular formula is C43H85N3O4. The van der Waals surface area contributed by atoms with Crippen LogP contribution in [0.3, 0.4) is 0 Å². The van der Waals surface area contributed by atoms with E-state index in [9.17, 15) is 14.4 Å². The number of amides is 3. The molecule has 0 heterocycles. The molecule has 0 spiro atoms. The highest BCUT2D eigenvalue weighted by molar-refractivity contribution is 5.77. The fraction of sp³-hybridized carbons (Fsp3) is 0.930. The monoisotopic (exact) mass is 708 g/mol. The van der Waals surface area contributed by atoms with Crippen LogP contribution in [-0.2, 0) is 14.3 Å². The van der Waals surface area contributed by atoms with Crippen molar-refractivity contribution in [2.45, 2.75) is 246 Å². The summed E-state index contributed by atoms with van der Waals surface area (Å²) in [7, 11) is 0. The molecule has 0 bridgehead atoms. The summed E-state index contributed by atoms with van der Waals surface area (Å²) < 4.78 is 5.53. The quantitative estimate of drug-likeness (QED) is 0.0501. The molecular weight excluding hydrogens is 622 g/mol. The first-order valence-electron chi connectivity index (χ1n) is 21.7. The van der Waals surface area contributed by atoms with Gasteiger partial charge in [0.25, 0.3) is 0 Å². The van der Waals surface area contributed by atoms with E-state index in [0.29, 0.717) is 12.8 Å². The zero-order chi connectivity index (χ0) is 37.0. The number of ether oxygens (including phenoxy) is 1. The SMILES string of the molecule is CCCCCCCCCCCCCCCCCC(=O)NCN(CNC(=O)CCCCCCCCCCCCCCCCC)C(=O)OC(C)(C)C. The molecule has 0 rings (SSSR count). The second kappa shape index (κ2) is 35.6. The first-order chi connectivity index (χ1) is 24.2. The zero-order valence-electron chi connectivity index (χ0n) is 34.1. The average molecular weight is 708 g/mol. The van der Waals surface area contributed by atoms with Crippen LogP contribution >= 0.6 is 0 Å². The smallest absolute Gasteiger partial charge is 0.413 e. The molecule has 0 unspecified atom stereocenters. The van der Waals surface area contributed by atoms with Crippen molar-refractivity contribution in [1.82, 2.24) is 15.5 Å². The van der Waals surface area contributed by atoms with Gasteiger partial charge in [0.1, 0.15) is 5.60 Å². The van der Waals surface area contributed by atoms with Crippen molar-refractivity contribution in [2.24, 2.45) is 0 Å². The standard InChI is InChI=1S/C43H85N3O4/c1-6-8-10-12-14-16-18-20-22-24-26-28-30-32-34-36-40(47)44-38-46(42(49)50-43(3,4)5)39-45-41(48)37-35-33-31-29-27-25-23-21-19-17-15-13-11-9-7-2/h6-39H2,1-5H3,(H,44,47)(H,45,48). The Hall–Kier alpha value is -1.79. The highest BCUT2D eigenvalue weighted by atomic mass is 16.6. The Morgan fingerprint density at radius 2 is 0.660 bits per heavy atom. The van der Waals surface area contributed by atoms with Gasteiger partial charge in [0, 0.05) is 12.8 Å². The van der Waals surface area contributed by atoms with Crippen LogP contribution in [0.2, 0.25) is 0 Å². The first kappa shape index (κ1) is 48.2. The Morgan fingerprint density at radius 1 is 0.420 bits per heavy atom. The lowest BCUT2D eigenvalue weighted by Gasteiger charge is -2.27. The number of hydrogen-bond acceptors (Lipinski definition) is 4. The van der Waals surface area contributed by atoms with Crippen LogP contribution in [0.4, 0.5) is 4.79 Å². The van der Waals surface area contributed by atoms with E-state index in [2.05, 4.69) is 24.5 Å². The van der Waals surface area contributed by atoms with E-state index in [1.54, 1.807) is 0 Å². The molecule has 0 saturated carbocycles. The minimum atomic E-state index is -0.662. The second-order valence-electron chi connectivity index (χ2n) is 15.9. The summed E-state index contributed by atoms with van der Waals surface area (Å²) in [5.41, 5.74) is -0.662. The molecule has 0 atom stereocenters. The molecule has 0 fully saturated rings. The van der Waals surface area contributed by atoms with E-state index < -0.39 is 11.7 Å². The maximum atomic E-state index is 12.8. The molecule has 2 N–H and O–H groups in total. The van der Waals surface area contributed by atoms with Gasteiger partial charge in [0.2, 0.25) is 11.8 Å². The molecule has 3 amide bonds. The van der Waals surface area contributed by atoms with Crippen molar-refractivity contribution in [3.8, 4) is 0 Å². The Balaban J connectivity index is 3.98. The molecule has 0 aliphatic rings. The van der Waals surface area contributed by atoms with Gasteiger partial charge >= 0.3 is 6.09 Å². The molecule has 0 aliphatic heterocycles. The third-order valence-electron chi connectivity index (χ3n) is 9.60. The van der Waals surface area contributed by atoms with Crippen molar-refractivity contribution >= 4 is 17.9 Å². The lowest BCUT2D eigenvalue weighted by Crippen LogP contribution is -2.48. The lowest BCUT2D eigenvalue weighted by atomic mass is 10.0. The van der Waals surface area contributed by atoms with Gasteiger partial charge in [-0.25, -0.2) is 4.79 Å². The first-order valence-corrected chi connectivity index (χ1v) is 21.7. The molecule has 0 aromatic heterocycles. The molecule has 0 aromatic carbocycles. The van der Waals surface area contributed by atoms with Gasteiger partial charge in [-0.2, -0.15) is 0 Å². The molecule has 0 saturated heterocycles. The van der Waals surface area contributed by atoms with Crippen molar-refractivity contribution < 1.29 is 19.1 Å². The summed E-state index contributed by atoms with van der Waals surface area (Å²) in [6.07, 6.45) is 39.1. The summed E-state index contributed by atoms with van der Waals surface area (Å²) in [5, 5.41) is 5.71. The minimum Gasteiger partial charge on any atom is -0.444 e. The van der Waals surface area contributed by atoms with E-state index in [1.807, 2.05) is 20.8 Å². The lowest BCUT2D eigenvalue weighted by molar-refractivity contribution is -0.122. The molecule has 0 radical (unpaired) electrons. The number of hydrogen-bond donors (Lipinski definition) is 2. The van der Waals surface area contributed by atoms with E-state index in [1.165, 1.54) is 172 Å². The number of nitrogens with one attached hydrogen (secondary N) is 2. The fourth-order valence-electron chi connectivity index (χ4n) is 6.37. The largest absolute Gasteiger partial charge is 0.444 e. The van der Waals surface area contributed by atoms with Gasteiger partial charge in [0.15, 0.2) is 0 Å². The van der Waals surface area contributed by atoms with Crippen LogP contribution in [0.5, 0.6) is 0 Å². The van der Waals surface area contributed by atoms with Crippen LogP contribution < -0.4 is 10.6 Å². The second-order valence-corrected chi connectivity index (χ2v) is 15.9. The van der Waals surface area contributed by atoms with Gasteiger partial charge in [-0.15, -0.1) is 0 Å². The molecule has 50 heavy (non-hydrogen) atoms. The third-order valence-corrected chi connectivity index (χ3v) is 9.60.